The van der Waals surface area contributed by atoms with Gasteiger partial charge in [-0.05, 0) is 13.3 Å². The van der Waals surface area contributed by atoms with Crippen LogP contribution in [-0.2, 0) is 13.0 Å². The molecule has 0 N–H and O–H groups in total. The molecule has 3 nitrogen and oxygen atoms in total. The SMILES string of the molecule is Cc1nc2n(c(=O)c1CCCl)CCS2. The second-order valence-electron chi connectivity index (χ2n) is 3.20. The Kier molecular flexibility index (Phi) is 2.83. The fraction of sp³-hybridized carbons (Fsp3) is 0.556. The summed E-state index contributed by atoms with van der Waals surface area (Å²) in [5.74, 6) is 1.43. The average Bonchev–Trinajstić information content (AvgIpc) is 2.60. The van der Waals surface area contributed by atoms with E-state index in [1.165, 1.54) is 0 Å². The molecule has 0 aromatic carbocycles. The molecule has 0 fully saturated rings. The van der Waals surface area contributed by atoms with Crippen molar-refractivity contribution in [3.05, 3.63) is 21.6 Å². The van der Waals surface area contributed by atoms with E-state index >= 15 is 0 Å². The Morgan fingerprint density at radius 3 is 3.14 bits per heavy atom. The smallest absolute Gasteiger partial charge is 0.257 e. The third-order valence-corrected chi connectivity index (χ3v) is 3.47. The second-order valence-corrected chi connectivity index (χ2v) is 4.64. The zero-order chi connectivity index (χ0) is 10.1. The maximum Gasteiger partial charge on any atom is 0.257 e. The molecule has 0 bridgehead atoms. The summed E-state index contributed by atoms with van der Waals surface area (Å²) in [4.78, 5) is 16.3. The van der Waals surface area contributed by atoms with Gasteiger partial charge < -0.3 is 0 Å². The molecule has 0 saturated carbocycles. The van der Waals surface area contributed by atoms with Gasteiger partial charge in [0.1, 0.15) is 0 Å². The Labute approximate surface area is 91.5 Å². The van der Waals surface area contributed by atoms with Crippen molar-refractivity contribution < 1.29 is 0 Å². The Morgan fingerprint density at radius 2 is 2.43 bits per heavy atom. The van der Waals surface area contributed by atoms with Crippen LogP contribution in [0.1, 0.15) is 11.3 Å². The molecule has 0 unspecified atom stereocenters. The van der Waals surface area contributed by atoms with E-state index in [0.29, 0.717) is 12.3 Å². The number of fused-ring (bicyclic) bond motifs is 1. The molecule has 1 aromatic rings. The van der Waals surface area contributed by atoms with Crippen LogP contribution in [-0.4, -0.2) is 21.2 Å². The molecule has 76 valence electrons. The predicted octanol–water partition coefficient (Wildman–Crippen LogP) is 1.44. The average molecular weight is 231 g/mol. The van der Waals surface area contributed by atoms with E-state index in [4.69, 9.17) is 11.6 Å². The normalized spacial score (nSPS) is 14.4. The first-order chi connectivity index (χ1) is 6.74. The summed E-state index contributed by atoms with van der Waals surface area (Å²) in [6.45, 7) is 2.66. The van der Waals surface area contributed by atoms with Gasteiger partial charge in [0.25, 0.3) is 5.56 Å². The van der Waals surface area contributed by atoms with Gasteiger partial charge in [0.2, 0.25) is 0 Å². The van der Waals surface area contributed by atoms with Crippen LogP contribution in [0, 0.1) is 6.92 Å². The minimum atomic E-state index is 0.0955. The van der Waals surface area contributed by atoms with Crippen molar-refractivity contribution >= 4 is 23.4 Å². The van der Waals surface area contributed by atoms with Crippen molar-refractivity contribution in [2.24, 2.45) is 0 Å². The maximum absolute atomic E-state index is 11.9. The summed E-state index contributed by atoms with van der Waals surface area (Å²) in [6, 6.07) is 0. The molecule has 0 atom stereocenters. The van der Waals surface area contributed by atoms with Crippen LogP contribution in [0.25, 0.3) is 0 Å². The highest BCUT2D eigenvalue weighted by Gasteiger charge is 2.18. The summed E-state index contributed by atoms with van der Waals surface area (Å²) >= 11 is 7.29. The Bertz CT molecular complexity index is 416. The van der Waals surface area contributed by atoms with E-state index in [9.17, 15) is 4.79 Å². The van der Waals surface area contributed by atoms with E-state index in [-0.39, 0.29) is 5.56 Å². The largest absolute Gasteiger partial charge is 0.287 e. The third-order valence-electron chi connectivity index (χ3n) is 2.32. The maximum atomic E-state index is 11.9. The zero-order valence-electron chi connectivity index (χ0n) is 7.92. The van der Waals surface area contributed by atoms with Crippen molar-refractivity contribution in [1.29, 1.82) is 0 Å². The van der Waals surface area contributed by atoms with Crippen LogP contribution in [0.15, 0.2) is 9.95 Å². The number of hydrogen-bond acceptors (Lipinski definition) is 3. The number of nitrogens with zero attached hydrogens (tertiary/aromatic N) is 2. The lowest BCUT2D eigenvalue weighted by molar-refractivity contribution is 0.637. The van der Waals surface area contributed by atoms with Crippen molar-refractivity contribution in [3.8, 4) is 0 Å². The minimum Gasteiger partial charge on any atom is -0.287 e. The molecule has 2 heterocycles. The molecular weight excluding hydrogens is 220 g/mol. The molecule has 1 aromatic heterocycles. The quantitative estimate of drug-likeness (QED) is 0.570. The summed E-state index contributed by atoms with van der Waals surface area (Å²) in [7, 11) is 0. The molecule has 2 rings (SSSR count). The van der Waals surface area contributed by atoms with E-state index in [2.05, 4.69) is 4.98 Å². The van der Waals surface area contributed by atoms with Crippen molar-refractivity contribution in [2.75, 3.05) is 11.6 Å². The van der Waals surface area contributed by atoms with Crippen LogP contribution >= 0.6 is 23.4 Å². The molecule has 0 amide bonds. The molecule has 0 aliphatic carbocycles. The fourth-order valence-corrected chi connectivity index (χ4v) is 2.77. The monoisotopic (exact) mass is 230 g/mol. The zero-order valence-corrected chi connectivity index (χ0v) is 9.49. The van der Waals surface area contributed by atoms with Gasteiger partial charge in [0.05, 0.1) is 0 Å². The molecule has 5 heteroatoms. The number of aromatic nitrogens is 2. The highest BCUT2D eigenvalue weighted by molar-refractivity contribution is 7.99. The van der Waals surface area contributed by atoms with Crippen LogP contribution in [0.3, 0.4) is 0 Å². The molecule has 1 aliphatic rings. The van der Waals surface area contributed by atoms with Gasteiger partial charge in [0, 0.05) is 29.4 Å². The van der Waals surface area contributed by atoms with E-state index in [1.54, 1.807) is 16.3 Å². The van der Waals surface area contributed by atoms with E-state index < -0.39 is 0 Å². The summed E-state index contributed by atoms with van der Waals surface area (Å²) in [5.41, 5.74) is 1.70. The Hall–Kier alpha value is -0.480. The Balaban J connectivity index is 2.57. The lowest BCUT2D eigenvalue weighted by atomic mass is 10.2. The topological polar surface area (TPSA) is 34.9 Å². The first-order valence-electron chi connectivity index (χ1n) is 4.53. The first-order valence-corrected chi connectivity index (χ1v) is 6.05. The van der Waals surface area contributed by atoms with E-state index in [0.717, 1.165) is 28.7 Å². The van der Waals surface area contributed by atoms with Gasteiger partial charge in [-0.25, -0.2) is 4.98 Å². The van der Waals surface area contributed by atoms with Gasteiger partial charge in [-0.1, -0.05) is 11.8 Å². The molecule has 0 spiro atoms. The highest BCUT2D eigenvalue weighted by Crippen LogP contribution is 2.22. The van der Waals surface area contributed by atoms with E-state index in [1.807, 2.05) is 6.92 Å². The minimum absolute atomic E-state index is 0.0955. The lowest BCUT2D eigenvalue weighted by Gasteiger charge is -2.07. The first kappa shape index (κ1) is 10.1. The van der Waals surface area contributed by atoms with Gasteiger partial charge in [-0.2, -0.15) is 0 Å². The molecule has 0 radical (unpaired) electrons. The lowest BCUT2D eigenvalue weighted by Crippen LogP contribution is -2.26. The number of rotatable bonds is 2. The van der Waals surface area contributed by atoms with Crippen molar-refractivity contribution in [1.82, 2.24) is 9.55 Å². The number of hydrogen-bond donors (Lipinski definition) is 0. The van der Waals surface area contributed by atoms with Gasteiger partial charge in [-0.15, -0.1) is 11.6 Å². The number of alkyl halides is 1. The van der Waals surface area contributed by atoms with Crippen molar-refractivity contribution in [3.63, 3.8) is 0 Å². The molecule has 14 heavy (non-hydrogen) atoms. The summed E-state index contributed by atoms with van der Waals surface area (Å²) in [5, 5.41) is 0.853. The standard InChI is InChI=1S/C9H11ClN2OS/c1-6-7(2-3-10)8(13)12-4-5-14-9(12)11-6/h2-5H2,1H3. The predicted molar refractivity (Wildman–Crippen MR) is 58.4 cm³/mol. The molecule has 1 aliphatic heterocycles. The van der Waals surface area contributed by atoms with Crippen molar-refractivity contribution in [2.45, 2.75) is 25.0 Å². The number of halogens is 1. The fourth-order valence-electron chi connectivity index (χ4n) is 1.59. The number of thioether (sulfide) groups is 1. The third kappa shape index (κ3) is 1.57. The number of aryl methyl sites for hydroxylation is 1. The Morgan fingerprint density at radius 1 is 1.64 bits per heavy atom. The second kappa shape index (κ2) is 3.95. The summed E-state index contributed by atoms with van der Waals surface area (Å²) < 4.78 is 1.75. The molecule has 0 saturated heterocycles. The van der Waals surface area contributed by atoms with Crippen LogP contribution in [0.2, 0.25) is 0 Å². The van der Waals surface area contributed by atoms with Crippen LogP contribution in [0.4, 0.5) is 0 Å². The highest BCUT2D eigenvalue weighted by atomic mass is 35.5. The van der Waals surface area contributed by atoms with Crippen LogP contribution in [0.5, 0.6) is 0 Å². The van der Waals surface area contributed by atoms with Crippen LogP contribution < -0.4 is 5.56 Å². The summed E-state index contributed by atoms with van der Waals surface area (Å²) in [6.07, 6.45) is 0.615. The van der Waals surface area contributed by atoms with Gasteiger partial charge in [0.15, 0.2) is 5.16 Å². The molecular formula is C9H11ClN2OS. The van der Waals surface area contributed by atoms with Gasteiger partial charge >= 0.3 is 0 Å². The van der Waals surface area contributed by atoms with Gasteiger partial charge in [-0.3, -0.25) is 9.36 Å².